The number of aliphatic hydroxyl groups excluding tert-OH is 1. The Morgan fingerprint density at radius 1 is 1.60 bits per heavy atom. The molecule has 1 aliphatic heterocycles. The second kappa shape index (κ2) is 5.89. The van der Waals surface area contributed by atoms with E-state index in [1.807, 2.05) is 29.3 Å². The molecule has 2 heterocycles. The van der Waals surface area contributed by atoms with Gasteiger partial charge in [0.05, 0.1) is 0 Å². The van der Waals surface area contributed by atoms with E-state index in [4.69, 9.17) is 0 Å². The number of nitrogens with one attached hydrogen (secondary N) is 1. The zero-order valence-electron chi connectivity index (χ0n) is 8.69. The molecule has 2 unspecified atom stereocenters. The molecule has 0 amide bonds. The minimum Gasteiger partial charge on any atom is -0.386 e. The van der Waals surface area contributed by atoms with Gasteiger partial charge in [-0.3, -0.25) is 0 Å². The molecule has 0 bridgehead atoms. The molecule has 1 aliphatic rings. The molecule has 0 aliphatic carbocycles. The molecule has 0 aromatic carbocycles. The van der Waals surface area contributed by atoms with Gasteiger partial charge in [0.1, 0.15) is 6.10 Å². The number of thioether (sulfide) groups is 1. The molecule has 0 radical (unpaired) electrons. The highest BCUT2D eigenvalue weighted by atomic mass is 32.2. The van der Waals surface area contributed by atoms with E-state index < -0.39 is 0 Å². The molecule has 2 rings (SSSR count). The smallest absolute Gasteiger partial charge is 0.101 e. The lowest BCUT2D eigenvalue weighted by atomic mass is 10.2. The summed E-state index contributed by atoms with van der Waals surface area (Å²) < 4.78 is 0. The molecular formula is C11H17NOS2. The van der Waals surface area contributed by atoms with Gasteiger partial charge < -0.3 is 10.4 Å². The maximum absolute atomic E-state index is 9.88. The van der Waals surface area contributed by atoms with Crippen LogP contribution in [0, 0.1) is 0 Å². The lowest BCUT2D eigenvalue weighted by molar-refractivity contribution is 0.173. The van der Waals surface area contributed by atoms with Crippen molar-refractivity contribution >= 4 is 23.1 Å². The van der Waals surface area contributed by atoms with Crippen LogP contribution in [-0.4, -0.2) is 29.2 Å². The number of rotatable bonds is 4. The van der Waals surface area contributed by atoms with Crippen LogP contribution in [0.1, 0.15) is 23.8 Å². The van der Waals surface area contributed by atoms with Gasteiger partial charge in [0.25, 0.3) is 0 Å². The van der Waals surface area contributed by atoms with Gasteiger partial charge in [0.15, 0.2) is 0 Å². The first-order chi connectivity index (χ1) is 7.36. The average molecular weight is 243 g/mol. The molecule has 1 aromatic rings. The maximum Gasteiger partial charge on any atom is 0.101 e. The van der Waals surface area contributed by atoms with Crippen LogP contribution in [0.2, 0.25) is 0 Å². The van der Waals surface area contributed by atoms with Crippen LogP contribution in [0.15, 0.2) is 17.5 Å². The summed E-state index contributed by atoms with van der Waals surface area (Å²) in [7, 11) is 0. The Morgan fingerprint density at radius 3 is 3.20 bits per heavy atom. The Labute approximate surface area is 99.1 Å². The third-order valence-electron chi connectivity index (χ3n) is 2.63. The van der Waals surface area contributed by atoms with Gasteiger partial charge in [-0.2, -0.15) is 11.8 Å². The van der Waals surface area contributed by atoms with Crippen molar-refractivity contribution in [2.45, 2.75) is 25.0 Å². The van der Waals surface area contributed by atoms with E-state index in [2.05, 4.69) is 5.32 Å². The van der Waals surface area contributed by atoms with Crippen LogP contribution in [0.25, 0.3) is 0 Å². The summed E-state index contributed by atoms with van der Waals surface area (Å²) in [6, 6.07) is 4.57. The van der Waals surface area contributed by atoms with Gasteiger partial charge in [-0.1, -0.05) is 6.07 Å². The Balaban J connectivity index is 1.73. The number of aliphatic hydroxyl groups is 1. The first-order valence-electron chi connectivity index (χ1n) is 5.39. The van der Waals surface area contributed by atoms with Gasteiger partial charge in [-0.05, 0) is 30.0 Å². The van der Waals surface area contributed by atoms with Crippen LogP contribution >= 0.6 is 23.1 Å². The summed E-state index contributed by atoms with van der Waals surface area (Å²) >= 11 is 3.63. The van der Waals surface area contributed by atoms with Gasteiger partial charge in [0.2, 0.25) is 0 Å². The molecule has 0 saturated carbocycles. The first kappa shape index (κ1) is 11.5. The van der Waals surface area contributed by atoms with Crippen LogP contribution in [0.3, 0.4) is 0 Å². The standard InChI is InChI=1S/C11H17NOS2/c13-10(11-4-2-6-15-11)7-12-9-3-1-5-14-8-9/h2,4,6,9-10,12-13H,1,3,5,7-8H2. The fraction of sp³-hybridized carbons (Fsp3) is 0.636. The van der Waals surface area contributed by atoms with Crippen molar-refractivity contribution in [1.29, 1.82) is 0 Å². The highest BCUT2D eigenvalue weighted by molar-refractivity contribution is 7.99. The Morgan fingerprint density at radius 2 is 2.53 bits per heavy atom. The molecule has 4 heteroatoms. The predicted octanol–water partition coefficient (Wildman–Crippen LogP) is 2.27. The number of hydrogen-bond donors (Lipinski definition) is 2. The summed E-state index contributed by atoms with van der Waals surface area (Å²) in [4.78, 5) is 1.06. The van der Waals surface area contributed by atoms with Crippen molar-refractivity contribution < 1.29 is 5.11 Å². The molecule has 84 valence electrons. The molecular weight excluding hydrogens is 226 g/mol. The summed E-state index contributed by atoms with van der Waals surface area (Å²) in [6.07, 6.45) is 2.22. The van der Waals surface area contributed by atoms with Crippen molar-refractivity contribution in [3.05, 3.63) is 22.4 Å². The number of hydrogen-bond acceptors (Lipinski definition) is 4. The minimum atomic E-state index is -0.336. The second-order valence-corrected chi connectivity index (χ2v) is 5.98. The molecule has 0 spiro atoms. The van der Waals surface area contributed by atoms with Crippen molar-refractivity contribution in [2.24, 2.45) is 0 Å². The van der Waals surface area contributed by atoms with Gasteiger partial charge >= 0.3 is 0 Å². The first-order valence-corrected chi connectivity index (χ1v) is 7.42. The zero-order chi connectivity index (χ0) is 10.5. The Hall–Kier alpha value is -0.0300. The van der Waals surface area contributed by atoms with Crippen molar-refractivity contribution in [2.75, 3.05) is 18.1 Å². The van der Waals surface area contributed by atoms with Crippen LogP contribution in [0.4, 0.5) is 0 Å². The van der Waals surface area contributed by atoms with Crippen molar-refractivity contribution in [3.63, 3.8) is 0 Å². The van der Waals surface area contributed by atoms with Crippen molar-refractivity contribution in [1.82, 2.24) is 5.32 Å². The quantitative estimate of drug-likeness (QED) is 0.851. The van der Waals surface area contributed by atoms with E-state index in [1.54, 1.807) is 11.3 Å². The molecule has 2 nitrogen and oxygen atoms in total. The van der Waals surface area contributed by atoms with Crippen LogP contribution in [-0.2, 0) is 0 Å². The van der Waals surface area contributed by atoms with E-state index >= 15 is 0 Å². The maximum atomic E-state index is 9.88. The highest BCUT2D eigenvalue weighted by Crippen LogP contribution is 2.20. The van der Waals surface area contributed by atoms with Crippen molar-refractivity contribution in [3.8, 4) is 0 Å². The third-order valence-corrected chi connectivity index (χ3v) is 4.82. The molecule has 15 heavy (non-hydrogen) atoms. The summed E-state index contributed by atoms with van der Waals surface area (Å²) in [5, 5.41) is 15.3. The summed E-state index contributed by atoms with van der Waals surface area (Å²) in [5.41, 5.74) is 0. The van der Waals surface area contributed by atoms with E-state index in [-0.39, 0.29) is 6.10 Å². The lowest BCUT2D eigenvalue weighted by Crippen LogP contribution is -2.36. The van der Waals surface area contributed by atoms with E-state index in [0.29, 0.717) is 12.6 Å². The largest absolute Gasteiger partial charge is 0.386 e. The van der Waals surface area contributed by atoms with Crippen LogP contribution in [0.5, 0.6) is 0 Å². The molecule has 1 aromatic heterocycles. The van der Waals surface area contributed by atoms with Gasteiger partial charge in [0, 0.05) is 23.2 Å². The Kier molecular flexibility index (Phi) is 4.50. The second-order valence-electron chi connectivity index (χ2n) is 3.85. The molecule has 1 saturated heterocycles. The summed E-state index contributed by atoms with van der Waals surface area (Å²) in [6.45, 7) is 0.686. The predicted molar refractivity (Wildman–Crippen MR) is 67.6 cm³/mol. The average Bonchev–Trinajstić information content (AvgIpc) is 2.81. The minimum absolute atomic E-state index is 0.336. The molecule has 2 atom stereocenters. The topological polar surface area (TPSA) is 32.3 Å². The fourth-order valence-corrected chi connectivity index (χ4v) is 3.58. The lowest BCUT2D eigenvalue weighted by Gasteiger charge is -2.23. The zero-order valence-corrected chi connectivity index (χ0v) is 10.3. The van der Waals surface area contributed by atoms with Gasteiger partial charge in [-0.15, -0.1) is 11.3 Å². The molecule has 2 N–H and O–H groups in total. The van der Waals surface area contributed by atoms with E-state index in [0.717, 1.165) is 4.88 Å². The van der Waals surface area contributed by atoms with Gasteiger partial charge in [-0.25, -0.2) is 0 Å². The van der Waals surface area contributed by atoms with E-state index in [9.17, 15) is 5.11 Å². The normalized spacial score (nSPS) is 23.9. The fourth-order valence-electron chi connectivity index (χ4n) is 1.76. The highest BCUT2D eigenvalue weighted by Gasteiger charge is 2.15. The molecule has 1 fully saturated rings. The third kappa shape index (κ3) is 3.48. The monoisotopic (exact) mass is 243 g/mol. The number of thiophene rings is 1. The van der Waals surface area contributed by atoms with E-state index in [1.165, 1.54) is 24.3 Å². The SMILES string of the molecule is OC(CNC1CCCSC1)c1cccs1. The summed E-state index contributed by atoms with van der Waals surface area (Å²) in [5.74, 6) is 2.49. The van der Waals surface area contributed by atoms with Crippen LogP contribution < -0.4 is 5.32 Å². The Bertz CT molecular complexity index is 270.